The summed E-state index contributed by atoms with van der Waals surface area (Å²) in [5, 5.41) is 5.12. The lowest BCUT2D eigenvalue weighted by molar-refractivity contribution is 0.141. The van der Waals surface area contributed by atoms with E-state index in [9.17, 15) is 0 Å². The number of aromatic nitrogens is 1. The number of nitrogens with one attached hydrogen (secondary N) is 1. The van der Waals surface area contributed by atoms with Crippen molar-refractivity contribution in [3.05, 3.63) is 12.5 Å². The van der Waals surface area contributed by atoms with Gasteiger partial charge in [-0.05, 0) is 43.6 Å². The van der Waals surface area contributed by atoms with Gasteiger partial charge in [0.2, 0.25) is 0 Å². The lowest BCUT2D eigenvalue weighted by Crippen LogP contribution is -2.45. The Kier molecular flexibility index (Phi) is 6.18. The maximum atomic E-state index is 5.46. The van der Waals surface area contributed by atoms with E-state index in [0.717, 1.165) is 17.7 Å². The SMILES string of the molecule is CCCNC1CCC(C(C)(C)CC)CC1Sc1ncco1. The van der Waals surface area contributed by atoms with Gasteiger partial charge in [0.25, 0.3) is 5.22 Å². The van der Waals surface area contributed by atoms with Crippen LogP contribution < -0.4 is 5.32 Å². The van der Waals surface area contributed by atoms with Gasteiger partial charge in [-0.15, -0.1) is 0 Å². The maximum Gasteiger partial charge on any atom is 0.255 e. The van der Waals surface area contributed by atoms with Gasteiger partial charge in [-0.2, -0.15) is 0 Å². The molecule has 3 unspecified atom stereocenters. The largest absolute Gasteiger partial charge is 0.440 e. The van der Waals surface area contributed by atoms with E-state index in [2.05, 4.69) is 38.0 Å². The molecule has 0 saturated heterocycles. The molecule has 1 aromatic rings. The average molecular weight is 311 g/mol. The summed E-state index contributed by atoms with van der Waals surface area (Å²) in [5.74, 6) is 0.801. The Morgan fingerprint density at radius 2 is 2.19 bits per heavy atom. The third-order valence-corrected chi connectivity index (χ3v) is 6.35. The minimum Gasteiger partial charge on any atom is -0.440 e. The van der Waals surface area contributed by atoms with Crippen molar-refractivity contribution >= 4 is 11.8 Å². The smallest absolute Gasteiger partial charge is 0.255 e. The first-order valence-corrected chi connectivity index (χ1v) is 9.24. The molecule has 2 rings (SSSR count). The van der Waals surface area contributed by atoms with Crippen molar-refractivity contribution in [2.75, 3.05) is 6.54 Å². The highest BCUT2D eigenvalue weighted by atomic mass is 32.2. The highest BCUT2D eigenvalue weighted by Crippen LogP contribution is 2.44. The molecule has 0 spiro atoms. The predicted molar refractivity (Wildman–Crippen MR) is 89.6 cm³/mol. The first kappa shape index (κ1) is 16.9. The molecular formula is C17H30N2OS. The Morgan fingerprint density at radius 1 is 1.38 bits per heavy atom. The zero-order chi connectivity index (χ0) is 15.3. The molecule has 0 aliphatic heterocycles. The van der Waals surface area contributed by atoms with Gasteiger partial charge in [-0.3, -0.25) is 0 Å². The molecule has 3 nitrogen and oxygen atoms in total. The van der Waals surface area contributed by atoms with E-state index in [4.69, 9.17) is 4.42 Å². The fraction of sp³-hybridized carbons (Fsp3) is 0.824. The summed E-state index contributed by atoms with van der Waals surface area (Å²) >= 11 is 1.82. The fourth-order valence-electron chi connectivity index (χ4n) is 3.22. The van der Waals surface area contributed by atoms with Gasteiger partial charge in [-0.25, -0.2) is 4.98 Å². The predicted octanol–water partition coefficient (Wildman–Crippen LogP) is 4.74. The van der Waals surface area contributed by atoms with Gasteiger partial charge in [0.05, 0.1) is 6.20 Å². The van der Waals surface area contributed by atoms with E-state index in [0.29, 0.717) is 16.7 Å². The van der Waals surface area contributed by atoms with Crippen molar-refractivity contribution < 1.29 is 4.42 Å². The topological polar surface area (TPSA) is 38.1 Å². The molecular weight excluding hydrogens is 280 g/mol. The molecule has 0 radical (unpaired) electrons. The summed E-state index contributed by atoms with van der Waals surface area (Å²) in [4.78, 5) is 4.30. The Morgan fingerprint density at radius 3 is 2.81 bits per heavy atom. The molecule has 1 aromatic heterocycles. The van der Waals surface area contributed by atoms with Gasteiger partial charge in [-0.1, -0.05) is 45.9 Å². The quantitative estimate of drug-likeness (QED) is 0.789. The van der Waals surface area contributed by atoms with Crippen LogP contribution in [0.15, 0.2) is 22.1 Å². The Balaban J connectivity index is 2.03. The third kappa shape index (κ3) is 4.49. The average Bonchev–Trinajstić information content (AvgIpc) is 2.98. The Labute approximate surface area is 133 Å². The molecule has 1 aliphatic carbocycles. The van der Waals surface area contributed by atoms with Crippen LogP contribution in [-0.4, -0.2) is 22.8 Å². The summed E-state index contributed by atoms with van der Waals surface area (Å²) in [6.07, 6.45) is 9.73. The summed E-state index contributed by atoms with van der Waals surface area (Å²) < 4.78 is 5.46. The van der Waals surface area contributed by atoms with Gasteiger partial charge >= 0.3 is 0 Å². The molecule has 0 aromatic carbocycles. The molecule has 1 fully saturated rings. The van der Waals surface area contributed by atoms with Crippen LogP contribution in [0.25, 0.3) is 0 Å². The molecule has 21 heavy (non-hydrogen) atoms. The van der Waals surface area contributed by atoms with Gasteiger partial charge in [0, 0.05) is 11.3 Å². The fourth-order valence-corrected chi connectivity index (χ4v) is 4.44. The maximum absolute atomic E-state index is 5.46. The van der Waals surface area contributed by atoms with Crippen LogP contribution in [0.4, 0.5) is 0 Å². The molecule has 0 amide bonds. The third-order valence-electron chi connectivity index (χ3n) is 5.13. The normalized spacial score (nSPS) is 27.0. The van der Waals surface area contributed by atoms with Crippen molar-refractivity contribution in [2.24, 2.45) is 11.3 Å². The van der Waals surface area contributed by atoms with E-state index >= 15 is 0 Å². The minimum atomic E-state index is 0.436. The zero-order valence-electron chi connectivity index (χ0n) is 13.9. The van der Waals surface area contributed by atoms with Gasteiger partial charge in [0.1, 0.15) is 6.26 Å². The van der Waals surface area contributed by atoms with Crippen molar-refractivity contribution in [1.29, 1.82) is 0 Å². The van der Waals surface area contributed by atoms with E-state index in [-0.39, 0.29) is 0 Å². The van der Waals surface area contributed by atoms with Crippen LogP contribution in [0.5, 0.6) is 0 Å². The lowest BCUT2D eigenvalue weighted by Gasteiger charge is -2.42. The van der Waals surface area contributed by atoms with Crippen LogP contribution in [0, 0.1) is 11.3 Å². The summed E-state index contributed by atoms with van der Waals surface area (Å²) in [6, 6.07) is 0.589. The van der Waals surface area contributed by atoms with E-state index in [1.165, 1.54) is 32.1 Å². The number of oxazole rings is 1. The highest BCUT2D eigenvalue weighted by Gasteiger charge is 2.37. The van der Waals surface area contributed by atoms with E-state index in [1.807, 2.05) is 11.8 Å². The van der Waals surface area contributed by atoms with Crippen LogP contribution in [0.1, 0.15) is 59.8 Å². The molecule has 0 bridgehead atoms. The van der Waals surface area contributed by atoms with E-state index in [1.54, 1.807) is 12.5 Å². The molecule has 1 saturated carbocycles. The van der Waals surface area contributed by atoms with E-state index < -0.39 is 0 Å². The van der Waals surface area contributed by atoms with Crippen LogP contribution >= 0.6 is 11.8 Å². The highest BCUT2D eigenvalue weighted by molar-refractivity contribution is 7.99. The molecule has 1 N–H and O–H groups in total. The molecule has 1 heterocycles. The van der Waals surface area contributed by atoms with Crippen LogP contribution in [0.3, 0.4) is 0 Å². The first-order chi connectivity index (χ1) is 10.1. The molecule has 4 heteroatoms. The summed E-state index contributed by atoms with van der Waals surface area (Å²) in [6.45, 7) is 10.5. The Hall–Kier alpha value is -0.480. The first-order valence-electron chi connectivity index (χ1n) is 8.36. The Bertz CT molecular complexity index is 405. The molecule has 120 valence electrons. The second-order valence-electron chi connectivity index (χ2n) is 6.87. The molecule has 3 atom stereocenters. The number of rotatable bonds is 7. The number of nitrogens with zero attached hydrogens (tertiary/aromatic N) is 1. The zero-order valence-corrected chi connectivity index (χ0v) is 14.7. The second kappa shape index (κ2) is 7.68. The van der Waals surface area contributed by atoms with Crippen molar-refractivity contribution in [1.82, 2.24) is 10.3 Å². The summed E-state index contributed by atoms with van der Waals surface area (Å²) in [5.41, 5.74) is 0.436. The standard InChI is InChI=1S/C17H30N2OS/c1-5-9-18-14-8-7-13(17(3,4)6-2)12-15(14)21-16-19-10-11-20-16/h10-11,13-15,18H,5-9,12H2,1-4H3. The number of hydrogen-bond acceptors (Lipinski definition) is 4. The second-order valence-corrected chi connectivity index (χ2v) is 8.06. The van der Waals surface area contributed by atoms with Gasteiger partial charge in [0.15, 0.2) is 0 Å². The minimum absolute atomic E-state index is 0.436. The van der Waals surface area contributed by atoms with Crippen molar-refractivity contribution in [3.63, 3.8) is 0 Å². The molecule has 1 aliphatic rings. The van der Waals surface area contributed by atoms with Gasteiger partial charge < -0.3 is 9.73 Å². The summed E-state index contributed by atoms with van der Waals surface area (Å²) in [7, 11) is 0. The van der Waals surface area contributed by atoms with Crippen LogP contribution in [-0.2, 0) is 0 Å². The van der Waals surface area contributed by atoms with Crippen LogP contribution in [0.2, 0.25) is 0 Å². The van der Waals surface area contributed by atoms with Crippen molar-refractivity contribution in [2.45, 2.75) is 76.3 Å². The number of thioether (sulfide) groups is 1. The number of hydrogen-bond donors (Lipinski definition) is 1. The lowest BCUT2D eigenvalue weighted by atomic mass is 9.68. The monoisotopic (exact) mass is 310 g/mol. The van der Waals surface area contributed by atoms with Crippen molar-refractivity contribution in [3.8, 4) is 0 Å².